The Kier molecular flexibility index (Phi) is 7.21. The average molecular weight is 282 g/mol. The van der Waals surface area contributed by atoms with Crippen molar-refractivity contribution < 1.29 is 4.74 Å². The summed E-state index contributed by atoms with van der Waals surface area (Å²) in [5.74, 6) is 7.38. The number of hydrogen-bond acceptors (Lipinski definition) is 7. The fourth-order valence-electron chi connectivity index (χ4n) is 1.68. The van der Waals surface area contributed by atoms with Gasteiger partial charge in [-0.2, -0.15) is 0 Å². The monoisotopic (exact) mass is 282 g/mol. The highest BCUT2D eigenvalue weighted by Crippen LogP contribution is 2.13. The maximum absolute atomic E-state index is 5.43. The zero-order valence-electron chi connectivity index (χ0n) is 12.8. The number of rotatable bonds is 9. The Morgan fingerprint density at radius 3 is 2.65 bits per heavy atom. The predicted octanol–water partition coefficient (Wildman–Crippen LogP) is 1.05. The van der Waals surface area contributed by atoms with Gasteiger partial charge in [0.1, 0.15) is 18.2 Å². The van der Waals surface area contributed by atoms with E-state index < -0.39 is 0 Å². The van der Waals surface area contributed by atoms with Crippen molar-refractivity contribution in [3.05, 3.63) is 11.9 Å². The lowest BCUT2D eigenvalue weighted by molar-refractivity contribution is 0.128. The molecular weight excluding hydrogens is 256 g/mol. The van der Waals surface area contributed by atoms with Gasteiger partial charge in [-0.25, -0.2) is 15.8 Å². The summed E-state index contributed by atoms with van der Waals surface area (Å²) in [5, 5.41) is 3.36. The normalized spacial score (nSPS) is 12.5. The van der Waals surface area contributed by atoms with Crippen molar-refractivity contribution in [1.29, 1.82) is 0 Å². The number of aromatic nitrogens is 2. The Morgan fingerprint density at radius 1 is 1.35 bits per heavy atom. The molecule has 0 radical (unpaired) electrons. The van der Waals surface area contributed by atoms with E-state index in [1.807, 2.05) is 6.92 Å². The van der Waals surface area contributed by atoms with Crippen LogP contribution in [0.2, 0.25) is 0 Å². The second-order valence-corrected chi connectivity index (χ2v) is 4.97. The molecule has 1 heterocycles. The quantitative estimate of drug-likeness (QED) is 0.461. The van der Waals surface area contributed by atoms with E-state index in [1.54, 1.807) is 6.07 Å². The van der Waals surface area contributed by atoms with Crippen LogP contribution in [0.1, 0.15) is 26.1 Å². The van der Waals surface area contributed by atoms with Crippen molar-refractivity contribution >= 4 is 11.6 Å². The van der Waals surface area contributed by atoms with Gasteiger partial charge in [0.05, 0.1) is 0 Å². The lowest BCUT2D eigenvalue weighted by Gasteiger charge is -2.18. The summed E-state index contributed by atoms with van der Waals surface area (Å²) in [6.45, 7) is 6.10. The van der Waals surface area contributed by atoms with Crippen molar-refractivity contribution in [2.45, 2.75) is 32.9 Å². The maximum atomic E-state index is 5.43. The third-order valence-electron chi connectivity index (χ3n) is 2.76. The van der Waals surface area contributed by atoms with Gasteiger partial charge in [0.2, 0.25) is 0 Å². The molecule has 0 bridgehead atoms. The summed E-state index contributed by atoms with van der Waals surface area (Å²) in [6.07, 6.45) is 1.03. The molecule has 1 unspecified atom stereocenters. The molecule has 0 fully saturated rings. The highest BCUT2D eigenvalue weighted by Gasteiger charge is 2.08. The van der Waals surface area contributed by atoms with Gasteiger partial charge in [0.25, 0.3) is 0 Å². The number of hydrazine groups is 1. The van der Waals surface area contributed by atoms with Gasteiger partial charge >= 0.3 is 0 Å². The fourth-order valence-corrected chi connectivity index (χ4v) is 1.68. The molecule has 0 saturated heterocycles. The molecule has 0 saturated carbocycles. The van der Waals surface area contributed by atoms with Gasteiger partial charge in [-0.3, -0.25) is 0 Å². The van der Waals surface area contributed by atoms with E-state index in [2.05, 4.69) is 46.6 Å². The third-order valence-corrected chi connectivity index (χ3v) is 2.76. The second kappa shape index (κ2) is 8.68. The van der Waals surface area contributed by atoms with Gasteiger partial charge in [-0.1, -0.05) is 0 Å². The Hall–Kier alpha value is -1.44. The van der Waals surface area contributed by atoms with Crippen LogP contribution in [0.5, 0.6) is 0 Å². The predicted molar refractivity (Wildman–Crippen MR) is 81.4 cm³/mol. The van der Waals surface area contributed by atoms with E-state index in [4.69, 9.17) is 10.6 Å². The minimum absolute atomic E-state index is 0.317. The summed E-state index contributed by atoms with van der Waals surface area (Å²) in [7, 11) is 4.13. The minimum Gasteiger partial charge on any atom is -0.374 e. The Balaban J connectivity index is 2.67. The molecule has 1 atom stereocenters. The van der Waals surface area contributed by atoms with Crippen molar-refractivity contribution in [2.75, 3.05) is 38.0 Å². The van der Waals surface area contributed by atoms with E-state index in [9.17, 15) is 0 Å². The standard InChI is InChI=1S/C13H26N6O/c1-5-20-9-13-16-11(8-12(17-13)18-14)15-10(2)6-7-19(3)4/h8,10H,5-7,9,14H2,1-4H3,(H2,15,16,17,18). The van der Waals surface area contributed by atoms with Crippen LogP contribution < -0.4 is 16.6 Å². The summed E-state index contributed by atoms with van der Waals surface area (Å²) in [4.78, 5) is 10.8. The number of nitrogen functional groups attached to an aromatic ring is 1. The molecule has 0 aliphatic carbocycles. The van der Waals surface area contributed by atoms with Crippen molar-refractivity contribution in [2.24, 2.45) is 5.84 Å². The number of hydrogen-bond donors (Lipinski definition) is 3. The highest BCUT2D eigenvalue weighted by molar-refractivity contribution is 5.47. The average Bonchev–Trinajstić information content (AvgIpc) is 2.42. The molecule has 0 amide bonds. The van der Waals surface area contributed by atoms with E-state index in [1.165, 1.54) is 0 Å². The highest BCUT2D eigenvalue weighted by atomic mass is 16.5. The van der Waals surface area contributed by atoms with Gasteiger partial charge in [-0.15, -0.1) is 0 Å². The van der Waals surface area contributed by atoms with Crippen molar-refractivity contribution in [3.8, 4) is 0 Å². The van der Waals surface area contributed by atoms with Crippen LogP contribution >= 0.6 is 0 Å². The number of ether oxygens (including phenoxy) is 1. The van der Waals surface area contributed by atoms with E-state index in [-0.39, 0.29) is 0 Å². The molecule has 0 aromatic carbocycles. The van der Waals surface area contributed by atoms with Gasteiger partial charge < -0.3 is 20.4 Å². The second-order valence-electron chi connectivity index (χ2n) is 4.97. The first kappa shape index (κ1) is 16.6. The van der Waals surface area contributed by atoms with Gasteiger partial charge in [-0.05, 0) is 40.9 Å². The Bertz CT molecular complexity index is 398. The first-order valence-electron chi connectivity index (χ1n) is 6.88. The van der Waals surface area contributed by atoms with E-state index in [0.29, 0.717) is 30.9 Å². The number of anilines is 2. The molecule has 7 nitrogen and oxygen atoms in total. The molecule has 20 heavy (non-hydrogen) atoms. The zero-order valence-corrected chi connectivity index (χ0v) is 12.8. The lowest BCUT2D eigenvalue weighted by atomic mass is 10.2. The van der Waals surface area contributed by atoms with Crippen LogP contribution in [0.4, 0.5) is 11.6 Å². The molecule has 4 N–H and O–H groups in total. The molecule has 1 rings (SSSR count). The first-order chi connectivity index (χ1) is 9.55. The van der Waals surface area contributed by atoms with Gasteiger partial charge in [0.15, 0.2) is 5.82 Å². The zero-order chi connectivity index (χ0) is 15.0. The smallest absolute Gasteiger partial charge is 0.158 e. The van der Waals surface area contributed by atoms with Crippen LogP contribution in [-0.4, -0.2) is 48.2 Å². The lowest BCUT2D eigenvalue weighted by Crippen LogP contribution is -2.24. The number of nitrogens with two attached hydrogens (primary N) is 1. The Morgan fingerprint density at radius 2 is 2.05 bits per heavy atom. The van der Waals surface area contributed by atoms with E-state index >= 15 is 0 Å². The Labute approximate surface area is 120 Å². The molecule has 7 heteroatoms. The summed E-state index contributed by atoms with van der Waals surface area (Å²) in [6, 6.07) is 2.11. The van der Waals surface area contributed by atoms with E-state index in [0.717, 1.165) is 18.8 Å². The SMILES string of the molecule is CCOCc1nc(NN)cc(NC(C)CCN(C)C)n1. The maximum Gasteiger partial charge on any atom is 0.158 e. The summed E-state index contributed by atoms with van der Waals surface area (Å²) >= 11 is 0. The largest absolute Gasteiger partial charge is 0.374 e. The van der Waals surface area contributed by atoms with Crippen LogP contribution in [0, 0.1) is 0 Å². The van der Waals surface area contributed by atoms with Crippen LogP contribution in [0.25, 0.3) is 0 Å². The molecule has 1 aromatic heterocycles. The molecule has 0 aliphatic heterocycles. The first-order valence-corrected chi connectivity index (χ1v) is 6.88. The van der Waals surface area contributed by atoms with Crippen LogP contribution in [-0.2, 0) is 11.3 Å². The molecule has 114 valence electrons. The fraction of sp³-hybridized carbons (Fsp3) is 0.692. The number of nitrogens with zero attached hydrogens (tertiary/aromatic N) is 3. The number of nitrogens with one attached hydrogen (secondary N) is 2. The molecular formula is C13H26N6O. The minimum atomic E-state index is 0.317. The van der Waals surface area contributed by atoms with Crippen molar-refractivity contribution in [3.63, 3.8) is 0 Å². The van der Waals surface area contributed by atoms with Crippen LogP contribution in [0.3, 0.4) is 0 Å². The summed E-state index contributed by atoms with van der Waals surface area (Å²) in [5.41, 5.74) is 2.55. The summed E-state index contributed by atoms with van der Waals surface area (Å²) < 4.78 is 5.33. The van der Waals surface area contributed by atoms with Crippen LogP contribution in [0.15, 0.2) is 6.07 Å². The van der Waals surface area contributed by atoms with Gasteiger partial charge in [0, 0.05) is 18.7 Å². The van der Waals surface area contributed by atoms with Crippen molar-refractivity contribution in [1.82, 2.24) is 14.9 Å². The molecule has 0 spiro atoms. The topological polar surface area (TPSA) is 88.3 Å². The molecule has 0 aliphatic rings. The third kappa shape index (κ3) is 6.14. The molecule has 1 aromatic rings.